The minimum Gasteiger partial charge on any atom is -0.456 e. The highest BCUT2D eigenvalue weighted by Crippen LogP contribution is 2.46. The number of rotatable bonds is 10. The van der Waals surface area contributed by atoms with Crippen LogP contribution >= 0.6 is 0 Å². The summed E-state index contributed by atoms with van der Waals surface area (Å²) in [5, 5.41) is 11.4. The Morgan fingerprint density at radius 1 is 0.184 bits per heavy atom. The van der Waals surface area contributed by atoms with Gasteiger partial charge in [0.05, 0.1) is 22.1 Å². The average Bonchev–Trinajstić information content (AvgIpc) is 1.60. The van der Waals surface area contributed by atoms with Gasteiger partial charge in [-0.05, 0) is 178 Å². The van der Waals surface area contributed by atoms with Crippen LogP contribution in [-0.2, 0) is 6.42 Å². The molecule has 24 rings (SSSR count). The lowest BCUT2D eigenvalue weighted by atomic mass is 9.97. The summed E-state index contributed by atoms with van der Waals surface area (Å²) < 4.78 is 23.6. The van der Waals surface area contributed by atoms with Gasteiger partial charge in [-0.3, -0.25) is 0 Å². The van der Waals surface area contributed by atoms with E-state index in [1.165, 1.54) is 65.7 Å². The zero-order valence-electron chi connectivity index (χ0n) is 61.2. The van der Waals surface area contributed by atoms with Crippen molar-refractivity contribution < 1.29 is 13.3 Å². The van der Waals surface area contributed by atoms with Crippen LogP contribution in [0.5, 0.6) is 0 Å². The SMILES string of the molecule is c1ccc(-c2nc(-c3ccccc3)nc(-c3ccc(-n4c5ccccc5c5cc(-c6ccc7c(c6)-c6cc8oc9ccccc9c8cc6C7)ccc54)cc3)n2)cc1.c1ccc(-c2nc(-c3ccccc3)nc(-c3cccc(-n4c5ccccc5c5cc(-c6ccc7oc8cc9c(cc8c7c6)oc6ccccc69)ccc54)c3)n2)cc1. The van der Waals surface area contributed by atoms with Gasteiger partial charge in [-0.1, -0.05) is 237 Å². The van der Waals surface area contributed by atoms with Crippen molar-refractivity contribution in [2.45, 2.75) is 6.42 Å². The molecule has 7 heterocycles. The molecule has 11 nitrogen and oxygen atoms in total. The molecule has 114 heavy (non-hydrogen) atoms. The van der Waals surface area contributed by atoms with Crippen molar-refractivity contribution in [2.24, 2.45) is 0 Å². The largest absolute Gasteiger partial charge is 0.456 e. The van der Waals surface area contributed by atoms with Crippen LogP contribution in [0.4, 0.5) is 0 Å². The Morgan fingerprint density at radius 3 is 1.04 bits per heavy atom. The minimum atomic E-state index is 0.621. The molecule has 0 aliphatic heterocycles. The molecule has 11 heteroatoms. The standard InChI is InChI=1S/C52H32N4O.C51H30N4O2/c1-3-11-32(12-4-1)50-53-51(33-13-5-2-6-14-33)55-52(54-50)34-21-24-39(25-22-34)56-46-17-9-7-15-40(46)44-29-36(23-26-47(44)56)35-19-20-37-27-38-30-45-41-16-8-10-18-48(41)57-49(45)31-43(38)42(37)28-35;1-3-12-31(13-4-1)49-52-50(32-14-5-2-6-15-32)54-51(53-49)35-16-11-17-36(26-35)55-43-20-9-7-18-37(43)39-27-33(22-24-44(39)55)34-23-25-46-40(28-34)42-30-47-41(29-48(42)57-46)38-19-8-10-21-45(38)56-47/h1-26,28-31H,27H2;1-30H. The van der Waals surface area contributed by atoms with E-state index in [4.69, 9.17) is 43.2 Å². The second-order valence-corrected chi connectivity index (χ2v) is 29.3. The maximum absolute atomic E-state index is 6.39. The van der Waals surface area contributed by atoms with E-state index >= 15 is 0 Å². The summed E-state index contributed by atoms with van der Waals surface area (Å²) >= 11 is 0. The third-order valence-electron chi connectivity index (χ3n) is 22.5. The van der Waals surface area contributed by atoms with E-state index < -0.39 is 0 Å². The number of nitrogens with zero attached hydrogens (tertiary/aromatic N) is 8. The normalized spacial score (nSPS) is 12.0. The topological polar surface area (TPSA) is 127 Å². The highest BCUT2D eigenvalue weighted by atomic mass is 16.3. The lowest BCUT2D eigenvalue weighted by Crippen LogP contribution is -2.01. The van der Waals surface area contributed by atoms with Crippen molar-refractivity contribution in [3.05, 3.63) is 375 Å². The second-order valence-electron chi connectivity index (χ2n) is 29.3. The summed E-state index contributed by atoms with van der Waals surface area (Å²) in [6.07, 6.45) is 0.932. The first-order chi connectivity index (χ1) is 56.4. The highest BCUT2D eigenvalue weighted by molar-refractivity contribution is 6.17. The van der Waals surface area contributed by atoms with Crippen LogP contribution < -0.4 is 0 Å². The molecule has 0 saturated heterocycles. The maximum atomic E-state index is 6.39. The fraction of sp³-hybridized carbons (Fsp3) is 0.00971. The van der Waals surface area contributed by atoms with Crippen molar-refractivity contribution in [2.75, 3.05) is 0 Å². The number of fused-ring (bicyclic) bond motifs is 18. The van der Waals surface area contributed by atoms with Crippen LogP contribution in [0, 0.1) is 0 Å². The molecule has 0 radical (unpaired) electrons. The van der Waals surface area contributed by atoms with Gasteiger partial charge in [0.15, 0.2) is 34.9 Å². The van der Waals surface area contributed by atoms with E-state index in [9.17, 15) is 0 Å². The molecule has 0 spiro atoms. The summed E-state index contributed by atoms with van der Waals surface area (Å²) in [5.41, 5.74) is 27.5. The molecular weight excluding hydrogens is 1400 g/mol. The van der Waals surface area contributed by atoms with E-state index in [2.05, 4.69) is 228 Å². The fourth-order valence-corrected chi connectivity index (χ4v) is 17.0. The molecule has 16 aromatic carbocycles. The van der Waals surface area contributed by atoms with Gasteiger partial charge in [0.25, 0.3) is 0 Å². The molecule has 0 fully saturated rings. The number of benzene rings is 16. The van der Waals surface area contributed by atoms with Crippen LogP contribution in [0.15, 0.2) is 377 Å². The van der Waals surface area contributed by atoms with Crippen LogP contribution in [0.2, 0.25) is 0 Å². The maximum Gasteiger partial charge on any atom is 0.164 e. The van der Waals surface area contributed by atoms with Crippen LogP contribution in [0.25, 0.3) is 223 Å². The average molecular weight is 1460 g/mol. The van der Waals surface area contributed by atoms with Gasteiger partial charge < -0.3 is 22.4 Å². The molecule has 1 aliphatic rings. The van der Waals surface area contributed by atoms with Gasteiger partial charge in [-0.2, -0.15) is 0 Å². The van der Waals surface area contributed by atoms with Gasteiger partial charge in [-0.25, -0.2) is 29.9 Å². The Hall–Kier alpha value is -15.5. The van der Waals surface area contributed by atoms with Gasteiger partial charge in [0, 0.05) is 98.6 Å². The zero-order valence-corrected chi connectivity index (χ0v) is 61.2. The molecule has 0 saturated carbocycles. The third-order valence-corrected chi connectivity index (χ3v) is 22.5. The first-order valence-corrected chi connectivity index (χ1v) is 38.3. The lowest BCUT2D eigenvalue weighted by Gasteiger charge is -2.12. The predicted octanol–water partition coefficient (Wildman–Crippen LogP) is 26.5. The molecular formula is C103H62N8O3. The van der Waals surface area contributed by atoms with Crippen molar-refractivity contribution in [1.29, 1.82) is 0 Å². The van der Waals surface area contributed by atoms with E-state index in [0.29, 0.717) is 34.9 Å². The van der Waals surface area contributed by atoms with Gasteiger partial charge >= 0.3 is 0 Å². The summed E-state index contributed by atoms with van der Waals surface area (Å²) in [7, 11) is 0. The number of hydrogen-bond donors (Lipinski definition) is 0. The van der Waals surface area contributed by atoms with E-state index in [1.807, 2.05) is 146 Å². The number of para-hydroxylation sites is 4. The second kappa shape index (κ2) is 26.1. The summed E-state index contributed by atoms with van der Waals surface area (Å²) in [4.78, 5) is 29.7. The minimum absolute atomic E-state index is 0.621. The molecule has 0 bridgehead atoms. The highest BCUT2D eigenvalue weighted by Gasteiger charge is 2.25. The number of aromatic nitrogens is 8. The first-order valence-electron chi connectivity index (χ1n) is 38.3. The van der Waals surface area contributed by atoms with Crippen LogP contribution in [0.1, 0.15) is 11.1 Å². The molecule has 0 unspecified atom stereocenters. The zero-order chi connectivity index (χ0) is 74.9. The molecule has 7 aromatic heterocycles. The molecule has 0 amide bonds. The van der Waals surface area contributed by atoms with Crippen molar-refractivity contribution in [3.63, 3.8) is 0 Å². The van der Waals surface area contributed by atoms with Crippen molar-refractivity contribution in [3.8, 4) is 113 Å². The molecule has 532 valence electrons. The lowest BCUT2D eigenvalue weighted by molar-refractivity contribution is 0.664. The van der Waals surface area contributed by atoms with E-state index in [-0.39, 0.29) is 0 Å². The summed E-state index contributed by atoms with van der Waals surface area (Å²) in [6.45, 7) is 0. The Morgan fingerprint density at radius 2 is 0.526 bits per heavy atom. The molecule has 23 aromatic rings. The van der Waals surface area contributed by atoms with Crippen LogP contribution in [0.3, 0.4) is 0 Å². The molecule has 0 atom stereocenters. The Kier molecular flexibility index (Phi) is 14.8. The predicted molar refractivity (Wildman–Crippen MR) is 462 cm³/mol. The Balaban J connectivity index is 0.000000135. The fourth-order valence-electron chi connectivity index (χ4n) is 17.0. The molecule has 0 N–H and O–H groups in total. The monoisotopic (exact) mass is 1460 g/mol. The van der Waals surface area contributed by atoms with Gasteiger partial charge in [0.2, 0.25) is 0 Å². The van der Waals surface area contributed by atoms with Crippen LogP contribution in [-0.4, -0.2) is 39.0 Å². The third kappa shape index (κ3) is 10.9. The Bertz CT molecular complexity index is 7700. The summed E-state index contributed by atoms with van der Waals surface area (Å²) in [5.74, 6) is 3.84. The molecule has 1 aliphatic carbocycles. The number of furan rings is 3. The van der Waals surface area contributed by atoms with Crippen molar-refractivity contribution in [1.82, 2.24) is 39.0 Å². The quantitative estimate of drug-likeness (QED) is 0.131. The number of hydrogen-bond acceptors (Lipinski definition) is 9. The first kappa shape index (κ1) is 64.5. The summed E-state index contributed by atoms with van der Waals surface area (Å²) in [6, 6.07) is 127. The smallest absolute Gasteiger partial charge is 0.164 e. The van der Waals surface area contributed by atoms with E-state index in [0.717, 1.165) is 139 Å². The van der Waals surface area contributed by atoms with Gasteiger partial charge in [-0.15, -0.1) is 0 Å². The van der Waals surface area contributed by atoms with Crippen molar-refractivity contribution >= 4 is 109 Å². The van der Waals surface area contributed by atoms with E-state index in [1.54, 1.807) is 0 Å². The van der Waals surface area contributed by atoms with Gasteiger partial charge in [0.1, 0.15) is 33.5 Å². The Labute approximate surface area is 652 Å².